The number of carboxylic acids is 1. The van der Waals surface area contributed by atoms with Crippen LogP contribution in [0.3, 0.4) is 0 Å². The zero-order valence-corrected chi connectivity index (χ0v) is 17.3. The number of carboxylic acid groups (broad SMARTS) is 1. The largest absolute Gasteiger partial charge is 0.478 e. The first-order valence-electron chi connectivity index (χ1n) is 8.92. The Morgan fingerprint density at radius 2 is 1.48 bits per heavy atom. The number of benzene rings is 2. The molecule has 0 spiro atoms. The van der Waals surface area contributed by atoms with Crippen molar-refractivity contribution in [1.82, 2.24) is 4.72 Å². The molecule has 0 bridgehead atoms. The molecule has 6 nitrogen and oxygen atoms in total. The molecule has 2 rings (SSSR count). The van der Waals surface area contributed by atoms with Crippen LogP contribution in [0, 0.1) is 5.82 Å². The lowest BCUT2D eigenvalue weighted by Gasteiger charge is -2.20. The van der Waals surface area contributed by atoms with Gasteiger partial charge in [0.05, 0.1) is 4.90 Å². The Hall–Kier alpha value is -2.55. The maximum absolute atomic E-state index is 13.3. The Morgan fingerprint density at radius 1 is 1.00 bits per heavy atom. The van der Waals surface area contributed by atoms with E-state index in [1.54, 1.807) is 20.8 Å². The predicted octanol–water partition coefficient (Wildman–Crippen LogP) is 3.17. The van der Waals surface area contributed by atoms with E-state index in [2.05, 4.69) is 4.72 Å². The van der Waals surface area contributed by atoms with E-state index in [1.807, 2.05) is 0 Å². The Labute approximate surface area is 169 Å². The van der Waals surface area contributed by atoms with Crippen molar-refractivity contribution < 1.29 is 27.8 Å². The molecule has 0 saturated heterocycles. The van der Waals surface area contributed by atoms with Crippen LogP contribution in [0.1, 0.15) is 38.3 Å². The summed E-state index contributed by atoms with van der Waals surface area (Å²) in [6, 6.07) is 11.1. The van der Waals surface area contributed by atoms with Crippen LogP contribution < -0.4 is 4.72 Å². The van der Waals surface area contributed by atoms with E-state index in [1.165, 1.54) is 48.5 Å². The van der Waals surface area contributed by atoms with Crippen LogP contribution in [0.2, 0.25) is 0 Å². The summed E-state index contributed by atoms with van der Waals surface area (Å²) in [5, 5.41) is 18.9. The molecule has 0 aliphatic rings. The molecule has 8 heteroatoms. The zero-order chi connectivity index (χ0) is 21.8. The van der Waals surface area contributed by atoms with Crippen molar-refractivity contribution in [2.75, 3.05) is 6.61 Å². The minimum absolute atomic E-state index is 0.0358. The van der Waals surface area contributed by atoms with Crippen molar-refractivity contribution in [1.29, 1.82) is 0 Å². The predicted molar refractivity (Wildman–Crippen MR) is 108 cm³/mol. The van der Waals surface area contributed by atoms with E-state index in [0.29, 0.717) is 16.7 Å². The third-order valence-electron chi connectivity index (χ3n) is 3.95. The SMILES string of the molecule is CC(C)(C)NS(=O)(=O)c1ccc(/C(=C(\CCO)C(=O)O)c2ccc(F)cc2)cc1. The van der Waals surface area contributed by atoms with Gasteiger partial charge in [-0.3, -0.25) is 0 Å². The summed E-state index contributed by atoms with van der Waals surface area (Å²) in [5.41, 5.74) is 0.466. The van der Waals surface area contributed by atoms with Gasteiger partial charge < -0.3 is 10.2 Å². The van der Waals surface area contributed by atoms with Gasteiger partial charge in [0.2, 0.25) is 10.0 Å². The number of halogens is 1. The number of aliphatic hydroxyl groups is 1. The molecule has 0 fully saturated rings. The summed E-state index contributed by atoms with van der Waals surface area (Å²) >= 11 is 0. The summed E-state index contributed by atoms with van der Waals surface area (Å²) in [4.78, 5) is 11.8. The quantitative estimate of drug-likeness (QED) is 0.596. The van der Waals surface area contributed by atoms with Crippen molar-refractivity contribution in [2.45, 2.75) is 37.6 Å². The van der Waals surface area contributed by atoms with Crippen LogP contribution >= 0.6 is 0 Å². The summed E-state index contributed by atoms with van der Waals surface area (Å²) in [5.74, 6) is -1.69. The smallest absolute Gasteiger partial charge is 0.332 e. The number of nitrogens with one attached hydrogen (secondary N) is 1. The fourth-order valence-corrected chi connectivity index (χ4v) is 4.26. The summed E-state index contributed by atoms with van der Waals surface area (Å²) < 4.78 is 40.9. The Balaban J connectivity index is 2.59. The van der Waals surface area contributed by atoms with Gasteiger partial charge in [-0.25, -0.2) is 22.3 Å². The Morgan fingerprint density at radius 3 is 1.90 bits per heavy atom. The Bertz CT molecular complexity index is 1000. The molecule has 0 amide bonds. The molecule has 0 heterocycles. The molecule has 0 aromatic heterocycles. The van der Waals surface area contributed by atoms with Gasteiger partial charge in [-0.2, -0.15) is 0 Å². The molecule has 2 aromatic rings. The monoisotopic (exact) mass is 421 g/mol. The lowest BCUT2D eigenvalue weighted by Crippen LogP contribution is -2.40. The number of rotatable bonds is 7. The van der Waals surface area contributed by atoms with Crippen molar-refractivity contribution in [2.24, 2.45) is 0 Å². The molecular formula is C21H24FNO5S. The van der Waals surface area contributed by atoms with Crippen LogP contribution in [-0.4, -0.2) is 36.7 Å². The highest BCUT2D eigenvalue weighted by atomic mass is 32.2. The second kappa shape index (κ2) is 8.86. The number of aliphatic hydroxyl groups excluding tert-OH is 1. The molecular weight excluding hydrogens is 397 g/mol. The summed E-state index contributed by atoms with van der Waals surface area (Å²) in [6.45, 7) is 4.79. The van der Waals surface area contributed by atoms with Crippen molar-refractivity contribution in [3.05, 3.63) is 71.0 Å². The van der Waals surface area contributed by atoms with Crippen LogP contribution in [0.15, 0.2) is 59.0 Å². The molecule has 0 aliphatic heterocycles. The van der Waals surface area contributed by atoms with Crippen molar-refractivity contribution >= 4 is 21.6 Å². The van der Waals surface area contributed by atoms with Gasteiger partial charge >= 0.3 is 5.97 Å². The topological polar surface area (TPSA) is 104 Å². The molecule has 0 atom stereocenters. The van der Waals surface area contributed by atoms with Gasteiger partial charge in [0.1, 0.15) is 5.82 Å². The molecule has 156 valence electrons. The lowest BCUT2D eigenvalue weighted by molar-refractivity contribution is -0.132. The number of hydrogen-bond acceptors (Lipinski definition) is 4. The molecule has 0 radical (unpaired) electrons. The number of aliphatic carboxylic acids is 1. The molecule has 29 heavy (non-hydrogen) atoms. The average molecular weight is 421 g/mol. The number of carbonyl (C=O) groups is 1. The second-order valence-corrected chi connectivity index (χ2v) is 9.20. The minimum Gasteiger partial charge on any atom is -0.478 e. The first kappa shape index (κ1) is 22.7. The van der Waals surface area contributed by atoms with Gasteiger partial charge in [0.15, 0.2) is 0 Å². The van der Waals surface area contributed by atoms with Gasteiger partial charge in [0.25, 0.3) is 0 Å². The normalized spacial score (nSPS) is 13.1. The van der Waals surface area contributed by atoms with Crippen LogP contribution in [-0.2, 0) is 14.8 Å². The maximum Gasteiger partial charge on any atom is 0.332 e. The zero-order valence-electron chi connectivity index (χ0n) is 16.4. The lowest BCUT2D eigenvalue weighted by atomic mass is 9.91. The molecule has 0 unspecified atom stereocenters. The van der Waals surface area contributed by atoms with E-state index < -0.39 is 27.3 Å². The fourth-order valence-electron chi connectivity index (χ4n) is 2.85. The van der Waals surface area contributed by atoms with Gasteiger partial charge in [-0.05, 0) is 61.7 Å². The molecule has 3 N–H and O–H groups in total. The molecule has 2 aromatic carbocycles. The van der Waals surface area contributed by atoms with Gasteiger partial charge in [0, 0.05) is 24.1 Å². The highest BCUT2D eigenvalue weighted by Gasteiger charge is 2.23. The summed E-state index contributed by atoms with van der Waals surface area (Å²) in [7, 11) is -3.75. The van der Waals surface area contributed by atoms with Crippen molar-refractivity contribution in [3.63, 3.8) is 0 Å². The average Bonchev–Trinajstić information content (AvgIpc) is 2.61. The maximum atomic E-state index is 13.3. The third kappa shape index (κ3) is 5.96. The van der Waals surface area contributed by atoms with E-state index in [-0.39, 0.29) is 23.5 Å². The van der Waals surface area contributed by atoms with Crippen LogP contribution in [0.4, 0.5) is 4.39 Å². The number of sulfonamides is 1. The Kier molecular flexibility index (Phi) is 6.94. The fraction of sp³-hybridized carbons (Fsp3) is 0.286. The highest BCUT2D eigenvalue weighted by Crippen LogP contribution is 2.30. The van der Waals surface area contributed by atoms with Crippen LogP contribution in [0.5, 0.6) is 0 Å². The summed E-state index contributed by atoms with van der Waals surface area (Å²) in [6.07, 6.45) is -0.117. The number of hydrogen-bond donors (Lipinski definition) is 3. The first-order valence-corrected chi connectivity index (χ1v) is 10.4. The second-order valence-electron chi connectivity index (χ2n) is 7.52. The minimum atomic E-state index is -3.75. The van der Waals surface area contributed by atoms with Crippen molar-refractivity contribution in [3.8, 4) is 0 Å². The standard InChI is InChI=1S/C21H24FNO5S/c1-21(2,3)23-29(27,28)17-10-6-15(7-11-17)19(18(12-13-24)20(25)26)14-4-8-16(22)9-5-14/h4-11,23-24H,12-13H2,1-3H3,(H,25,26)/b19-18+. The van der Waals surface area contributed by atoms with Gasteiger partial charge in [-0.15, -0.1) is 0 Å². The third-order valence-corrected chi connectivity index (χ3v) is 5.72. The molecule has 0 saturated carbocycles. The first-order chi connectivity index (χ1) is 13.4. The van der Waals surface area contributed by atoms with E-state index in [4.69, 9.17) is 0 Å². The van der Waals surface area contributed by atoms with Gasteiger partial charge in [-0.1, -0.05) is 24.3 Å². The van der Waals surface area contributed by atoms with E-state index in [9.17, 15) is 27.8 Å². The molecule has 0 aliphatic carbocycles. The highest BCUT2D eigenvalue weighted by molar-refractivity contribution is 7.89. The van der Waals surface area contributed by atoms with E-state index >= 15 is 0 Å². The van der Waals surface area contributed by atoms with Crippen LogP contribution in [0.25, 0.3) is 5.57 Å². The van der Waals surface area contributed by atoms with E-state index in [0.717, 1.165) is 0 Å².